The van der Waals surface area contributed by atoms with E-state index in [0.29, 0.717) is 15.8 Å². The van der Waals surface area contributed by atoms with Crippen molar-refractivity contribution >= 4 is 53.0 Å². The van der Waals surface area contributed by atoms with Crippen molar-refractivity contribution in [3.05, 3.63) is 28.7 Å². The summed E-state index contributed by atoms with van der Waals surface area (Å²) in [6.07, 6.45) is 10.4. The molecule has 25 heavy (non-hydrogen) atoms. The fraction of sp³-hybridized carbons (Fsp3) is 0.500. The Kier molecular flexibility index (Phi) is 9.09. The van der Waals surface area contributed by atoms with Crippen molar-refractivity contribution < 1.29 is 10.0 Å². The molecule has 1 aliphatic rings. The number of thioether (sulfide) groups is 3. The molecule has 3 N–H and O–H groups in total. The van der Waals surface area contributed by atoms with E-state index in [1.165, 1.54) is 43.9 Å². The van der Waals surface area contributed by atoms with Gasteiger partial charge in [0.1, 0.15) is 0 Å². The summed E-state index contributed by atoms with van der Waals surface area (Å²) >= 11 is 5.13. The summed E-state index contributed by atoms with van der Waals surface area (Å²) in [6.45, 7) is 0. The zero-order valence-electron chi connectivity index (χ0n) is 14.7. The molecule has 1 aromatic rings. The summed E-state index contributed by atoms with van der Waals surface area (Å²) in [5.74, 6) is -0.0740. The summed E-state index contributed by atoms with van der Waals surface area (Å²) in [5.41, 5.74) is 3.81. The maximum absolute atomic E-state index is 12.2. The minimum atomic E-state index is -0.0740. The van der Waals surface area contributed by atoms with Crippen molar-refractivity contribution in [1.82, 2.24) is 5.32 Å². The fourth-order valence-electron chi connectivity index (χ4n) is 2.76. The Morgan fingerprint density at radius 1 is 1.32 bits per heavy atom. The molecule has 4 nitrogen and oxygen atoms in total. The predicted molar refractivity (Wildman–Crippen MR) is 113 cm³/mol. The molecular formula is C18H26N2O2S3. The lowest BCUT2D eigenvalue weighted by Gasteiger charge is -2.22. The van der Waals surface area contributed by atoms with Gasteiger partial charge in [0.2, 0.25) is 0 Å². The lowest BCUT2D eigenvalue weighted by atomic mass is 10.0. The highest BCUT2D eigenvalue weighted by atomic mass is 32.2. The van der Waals surface area contributed by atoms with Crippen molar-refractivity contribution in [3.63, 3.8) is 0 Å². The topological polar surface area (TPSA) is 61.4 Å². The van der Waals surface area contributed by atoms with Gasteiger partial charge in [0.05, 0.1) is 10.6 Å². The van der Waals surface area contributed by atoms with E-state index in [0.717, 1.165) is 15.5 Å². The number of anilines is 1. The molecule has 2 rings (SSSR count). The largest absolute Gasteiger partial charge is 0.355 e. The van der Waals surface area contributed by atoms with E-state index < -0.39 is 0 Å². The summed E-state index contributed by atoms with van der Waals surface area (Å²) in [6, 6.07) is 5.80. The Bertz CT molecular complexity index is 602. The van der Waals surface area contributed by atoms with Crippen LogP contribution in [0.4, 0.5) is 5.69 Å². The third-order valence-corrected chi connectivity index (χ3v) is 7.51. The zero-order valence-corrected chi connectivity index (χ0v) is 17.2. The normalized spacial score (nSPS) is 15.9. The Hall–Kier alpha value is -0.760. The van der Waals surface area contributed by atoms with Gasteiger partial charge < -0.3 is 5.32 Å². The third-order valence-electron chi connectivity index (χ3n) is 4.05. The number of benzene rings is 1. The third kappa shape index (κ3) is 6.47. The number of nitrogens with one attached hydrogen (secondary N) is 2. The van der Waals surface area contributed by atoms with Gasteiger partial charge in [-0.1, -0.05) is 19.3 Å². The van der Waals surface area contributed by atoms with E-state index >= 15 is 0 Å². The minimum absolute atomic E-state index is 0.0740. The molecule has 1 amide bonds. The van der Waals surface area contributed by atoms with Gasteiger partial charge in [-0.15, -0.1) is 23.5 Å². The first-order chi connectivity index (χ1) is 12.2. The molecule has 0 bridgehead atoms. The smallest absolute Gasteiger partial charge is 0.257 e. The molecule has 138 valence electrons. The highest BCUT2D eigenvalue weighted by Crippen LogP contribution is 2.37. The Labute approximate surface area is 162 Å². The Balaban J connectivity index is 2.30. The lowest BCUT2D eigenvalue weighted by Crippen LogP contribution is -2.18. The number of amides is 1. The van der Waals surface area contributed by atoms with Crippen LogP contribution in [0.15, 0.2) is 28.0 Å². The van der Waals surface area contributed by atoms with Crippen molar-refractivity contribution in [1.29, 1.82) is 0 Å². The van der Waals surface area contributed by atoms with E-state index in [-0.39, 0.29) is 5.91 Å². The van der Waals surface area contributed by atoms with Gasteiger partial charge in [-0.3, -0.25) is 15.5 Å². The number of hydrogen-bond donors (Lipinski definition) is 3. The first-order valence-corrected chi connectivity index (χ1v) is 11.7. The van der Waals surface area contributed by atoms with Crippen molar-refractivity contribution in [2.24, 2.45) is 0 Å². The molecule has 1 saturated carbocycles. The summed E-state index contributed by atoms with van der Waals surface area (Å²) in [4.78, 5) is 14.1. The molecule has 0 heterocycles. The first-order valence-electron chi connectivity index (χ1n) is 8.44. The maximum Gasteiger partial charge on any atom is 0.257 e. The van der Waals surface area contributed by atoms with Crippen molar-refractivity contribution in [3.8, 4) is 0 Å². The predicted octanol–water partition coefficient (Wildman–Crippen LogP) is 5.05. The van der Waals surface area contributed by atoms with Gasteiger partial charge in [-0.25, -0.2) is 0 Å². The van der Waals surface area contributed by atoms with E-state index in [4.69, 9.17) is 0 Å². The molecule has 1 fully saturated rings. The molecule has 0 saturated heterocycles. The van der Waals surface area contributed by atoms with Gasteiger partial charge in [0, 0.05) is 22.3 Å². The Morgan fingerprint density at radius 3 is 2.72 bits per heavy atom. The van der Waals surface area contributed by atoms with Gasteiger partial charge in [-0.2, -0.15) is 11.8 Å². The number of likely N-dealkylation sites (N-methyl/N-ethyl adjacent to an activating group) is 1. The summed E-state index contributed by atoms with van der Waals surface area (Å²) in [5, 5.41) is 13.4. The van der Waals surface area contributed by atoms with Crippen LogP contribution in [0, 0.1) is 0 Å². The quantitative estimate of drug-likeness (QED) is 0.323. The van der Waals surface area contributed by atoms with Crippen LogP contribution < -0.4 is 10.8 Å². The van der Waals surface area contributed by atoms with Crippen LogP contribution in [0.2, 0.25) is 0 Å². The van der Waals surface area contributed by atoms with Gasteiger partial charge in [-0.05, 0) is 48.9 Å². The van der Waals surface area contributed by atoms with Crippen LogP contribution in [0.25, 0.3) is 6.08 Å². The zero-order chi connectivity index (χ0) is 18.1. The van der Waals surface area contributed by atoms with Crippen molar-refractivity contribution in [2.75, 3.05) is 23.9 Å². The van der Waals surface area contributed by atoms with Gasteiger partial charge in [0.15, 0.2) is 0 Å². The van der Waals surface area contributed by atoms with Crippen LogP contribution in [-0.2, 0) is 4.79 Å². The lowest BCUT2D eigenvalue weighted by molar-refractivity contribution is -0.116. The molecule has 0 aromatic heterocycles. The average Bonchev–Trinajstić information content (AvgIpc) is 2.66. The molecule has 0 atom stereocenters. The number of carbonyl (C=O) groups excluding carboxylic acids is 1. The standard InChI is InChI=1S/C18H26N2O2S3/c1-19-18(21)17(24-12-23-2)11-13-10-14(20-22)8-9-16(13)25-15-6-4-3-5-7-15/h8-11,15,20,22H,3-7,12H2,1-2H3,(H,19,21)/b17-11-. The van der Waals surface area contributed by atoms with E-state index in [1.807, 2.05) is 42.3 Å². The van der Waals surface area contributed by atoms with E-state index in [9.17, 15) is 10.0 Å². The molecule has 1 aliphatic carbocycles. The molecule has 0 spiro atoms. The molecule has 0 radical (unpaired) electrons. The number of rotatable bonds is 8. The fourth-order valence-corrected chi connectivity index (χ4v) is 5.51. The highest BCUT2D eigenvalue weighted by Gasteiger charge is 2.17. The second-order valence-corrected chi connectivity index (χ2v) is 9.47. The van der Waals surface area contributed by atoms with Crippen LogP contribution >= 0.6 is 35.3 Å². The molecule has 1 aromatic carbocycles. The summed E-state index contributed by atoms with van der Waals surface area (Å²) < 4.78 is 0. The Morgan fingerprint density at radius 2 is 2.08 bits per heavy atom. The second kappa shape index (κ2) is 11.1. The average molecular weight is 399 g/mol. The van der Waals surface area contributed by atoms with Crippen molar-refractivity contribution in [2.45, 2.75) is 42.2 Å². The second-order valence-electron chi connectivity index (χ2n) is 5.88. The first kappa shape index (κ1) is 20.6. The van der Waals surface area contributed by atoms with Gasteiger partial charge in [0.25, 0.3) is 5.91 Å². The van der Waals surface area contributed by atoms with Crippen LogP contribution in [0.1, 0.15) is 37.7 Å². The number of carbonyl (C=O) groups is 1. The van der Waals surface area contributed by atoms with E-state index in [1.54, 1.807) is 18.8 Å². The molecular weight excluding hydrogens is 372 g/mol. The minimum Gasteiger partial charge on any atom is -0.355 e. The number of hydrogen-bond acceptors (Lipinski definition) is 6. The maximum atomic E-state index is 12.2. The molecule has 0 unspecified atom stereocenters. The van der Waals surface area contributed by atoms with Crippen LogP contribution in [-0.4, -0.2) is 34.8 Å². The van der Waals surface area contributed by atoms with E-state index in [2.05, 4.69) is 10.8 Å². The highest BCUT2D eigenvalue weighted by molar-refractivity contribution is 8.18. The molecule has 7 heteroatoms. The van der Waals surface area contributed by atoms with Gasteiger partial charge >= 0.3 is 0 Å². The summed E-state index contributed by atoms with van der Waals surface area (Å²) in [7, 11) is 1.65. The SMILES string of the molecule is CNC(=O)/C(=C/c1cc(NO)ccc1SC1CCCCC1)SCSC. The van der Waals surface area contributed by atoms with Crippen LogP contribution in [0.5, 0.6) is 0 Å². The van der Waals surface area contributed by atoms with Crippen LogP contribution in [0.3, 0.4) is 0 Å². The molecule has 0 aliphatic heterocycles. The monoisotopic (exact) mass is 398 g/mol.